The average Bonchev–Trinajstić information content (AvgIpc) is 3.79. The molecule has 10 nitrogen and oxygen atoms in total. The van der Waals surface area contributed by atoms with Crippen molar-refractivity contribution in [2.75, 3.05) is 13.2 Å². The van der Waals surface area contributed by atoms with E-state index >= 15 is 0 Å². The lowest BCUT2D eigenvalue weighted by molar-refractivity contribution is -0.359. The molecule has 3 aliphatic heterocycles. The second kappa shape index (κ2) is 22.7. The van der Waals surface area contributed by atoms with Crippen LogP contribution in [0.3, 0.4) is 0 Å². The summed E-state index contributed by atoms with van der Waals surface area (Å²) in [6, 6.07) is 60.5. The molecule has 0 unspecified atom stereocenters. The van der Waals surface area contributed by atoms with Crippen molar-refractivity contribution in [3.8, 4) is 0 Å². The molecular formula is C54H56O10. The fraction of sp³-hybridized carbons (Fsp3) is 0.333. The molecule has 0 spiro atoms. The lowest BCUT2D eigenvalue weighted by Gasteiger charge is -2.48. The molecule has 10 heteroatoms. The van der Waals surface area contributed by atoms with Gasteiger partial charge in [-0.25, -0.2) is 0 Å². The number of ether oxygens (including phenoxy) is 10. The van der Waals surface area contributed by atoms with Gasteiger partial charge in [-0.15, -0.1) is 0 Å². The van der Waals surface area contributed by atoms with Crippen molar-refractivity contribution in [3.05, 3.63) is 215 Å². The summed E-state index contributed by atoms with van der Waals surface area (Å²) in [4.78, 5) is 0. The van der Waals surface area contributed by atoms with Crippen molar-refractivity contribution in [2.24, 2.45) is 0 Å². The Kier molecular flexibility index (Phi) is 15.7. The Bertz CT molecular complexity index is 2220. The summed E-state index contributed by atoms with van der Waals surface area (Å²) in [5.41, 5.74) is 6.10. The quantitative estimate of drug-likeness (QED) is 0.0699. The summed E-state index contributed by atoms with van der Waals surface area (Å²) < 4.78 is 68.1. The summed E-state index contributed by atoms with van der Waals surface area (Å²) >= 11 is 0. The molecule has 6 aromatic carbocycles. The van der Waals surface area contributed by atoms with Crippen LogP contribution in [-0.2, 0) is 87.0 Å². The van der Waals surface area contributed by atoms with Gasteiger partial charge >= 0.3 is 0 Å². The second-order valence-electron chi connectivity index (χ2n) is 16.3. The van der Waals surface area contributed by atoms with Crippen molar-refractivity contribution in [1.29, 1.82) is 0 Å². The Morgan fingerprint density at radius 2 is 0.719 bits per heavy atom. The van der Waals surface area contributed by atoms with E-state index in [1.165, 1.54) is 0 Å². The molecule has 3 fully saturated rings. The molecule has 9 rings (SSSR count). The molecule has 0 aliphatic carbocycles. The molecule has 3 aliphatic rings. The highest BCUT2D eigenvalue weighted by Gasteiger charge is 2.56. The van der Waals surface area contributed by atoms with E-state index in [4.69, 9.17) is 47.4 Å². The standard InChI is InChI=1S/C54H56O10/c1-7-19-39(20-8-1)31-55-37-45-47(56-32-40-21-9-2-10-22-40)49(57-33-41-23-11-3-12-24-41)52(60-36-44-29-17-6-18-30-44)54(63-45)64-48-46-38-61-53(62-46)51(59-35-43-27-15-5-16-28-43)50(48)58-34-42-25-13-4-14-26-42/h1-30,45-54H,31-38H2/t45-,46-,47-,48-,49+,50+,51-,52-,53-,54+/m1/s1. The van der Waals surface area contributed by atoms with Gasteiger partial charge in [-0.1, -0.05) is 182 Å². The third-order valence-corrected chi connectivity index (χ3v) is 11.7. The van der Waals surface area contributed by atoms with Gasteiger partial charge in [0.05, 0.1) is 52.9 Å². The third-order valence-electron chi connectivity index (χ3n) is 11.7. The smallest absolute Gasteiger partial charge is 0.187 e. The normalized spacial score (nSPS) is 26.4. The zero-order chi connectivity index (χ0) is 43.2. The number of hydrogen-bond donors (Lipinski definition) is 0. The Morgan fingerprint density at radius 3 is 1.16 bits per heavy atom. The van der Waals surface area contributed by atoms with Crippen molar-refractivity contribution < 1.29 is 47.4 Å². The molecule has 0 N–H and O–H groups in total. The minimum atomic E-state index is -0.991. The fourth-order valence-corrected chi connectivity index (χ4v) is 8.41. The number of hydrogen-bond acceptors (Lipinski definition) is 10. The first-order valence-corrected chi connectivity index (χ1v) is 22.2. The zero-order valence-electron chi connectivity index (χ0n) is 35.8. The van der Waals surface area contributed by atoms with Crippen LogP contribution in [0.25, 0.3) is 0 Å². The van der Waals surface area contributed by atoms with E-state index in [0.717, 1.165) is 33.4 Å². The van der Waals surface area contributed by atoms with Gasteiger partial charge < -0.3 is 47.4 Å². The molecule has 6 aromatic rings. The predicted molar refractivity (Wildman–Crippen MR) is 239 cm³/mol. The van der Waals surface area contributed by atoms with E-state index in [9.17, 15) is 0 Å². The molecule has 64 heavy (non-hydrogen) atoms. The molecule has 0 amide bonds. The third kappa shape index (κ3) is 11.8. The van der Waals surface area contributed by atoms with E-state index in [0.29, 0.717) is 33.0 Å². The average molecular weight is 865 g/mol. The predicted octanol–water partition coefficient (Wildman–Crippen LogP) is 9.00. The minimum Gasteiger partial charge on any atom is -0.374 e. The summed E-state index contributed by atoms with van der Waals surface area (Å²) in [5.74, 6) is 0. The molecule has 10 atom stereocenters. The minimum absolute atomic E-state index is 0.192. The first kappa shape index (κ1) is 44.1. The van der Waals surface area contributed by atoms with Crippen LogP contribution in [-0.4, -0.2) is 74.6 Å². The second-order valence-corrected chi connectivity index (χ2v) is 16.3. The highest BCUT2D eigenvalue weighted by Crippen LogP contribution is 2.39. The van der Waals surface area contributed by atoms with Gasteiger partial charge in [-0.3, -0.25) is 0 Å². The summed E-state index contributed by atoms with van der Waals surface area (Å²) in [7, 11) is 0. The zero-order valence-corrected chi connectivity index (χ0v) is 35.8. The molecule has 2 bridgehead atoms. The van der Waals surface area contributed by atoms with Crippen LogP contribution in [0.1, 0.15) is 33.4 Å². The molecule has 3 heterocycles. The van der Waals surface area contributed by atoms with Crippen molar-refractivity contribution >= 4 is 0 Å². The fourth-order valence-electron chi connectivity index (χ4n) is 8.41. The molecule has 332 valence electrons. The van der Waals surface area contributed by atoms with Gasteiger partial charge in [0.1, 0.15) is 48.8 Å². The first-order valence-electron chi connectivity index (χ1n) is 22.2. The van der Waals surface area contributed by atoms with Crippen molar-refractivity contribution in [1.82, 2.24) is 0 Å². The SMILES string of the molecule is c1ccc(COC[C@H]2O[C@@H](O[C@H]3[C@H](OCc4ccccc4)[C@@H](OCc4ccccc4)[C@@H]4OC[C@H]3O4)[C@H](OCc3ccccc3)[C@@H](OCc3ccccc3)[C@@H]2OCc2ccccc2)cc1. The number of rotatable bonds is 21. The summed E-state index contributed by atoms with van der Waals surface area (Å²) in [6.07, 6.45) is -6.79. The van der Waals surface area contributed by atoms with Crippen molar-refractivity contribution in [2.45, 2.75) is 101 Å². The van der Waals surface area contributed by atoms with E-state index in [1.54, 1.807) is 0 Å². The maximum atomic E-state index is 7.29. The van der Waals surface area contributed by atoms with Crippen molar-refractivity contribution in [3.63, 3.8) is 0 Å². The van der Waals surface area contributed by atoms with Crippen LogP contribution in [0, 0.1) is 0 Å². The highest BCUT2D eigenvalue weighted by molar-refractivity contribution is 5.18. The molecule has 0 radical (unpaired) electrons. The largest absolute Gasteiger partial charge is 0.374 e. The van der Waals surface area contributed by atoms with Gasteiger partial charge in [-0.2, -0.15) is 0 Å². The van der Waals surface area contributed by atoms with Crippen LogP contribution in [0.4, 0.5) is 0 Å². The summed E-state index contributed by atoms with van der Waals surface area (Å²) in [5, 5.41) is 0. The van der Waals surface area contributed by atoms with E-state index in [-0.39, 0.29) is 19.8 Å². The van der Waals surface area contributed by atoms with Crippen LogP contribution >= 0.6 is 0 Å². The lowest BCUT2D eigenvalue weighted by atomic mass is 9.96. The highest BCUT2D eigenvalue weighted by atomic mass is 16.8. The molecule has 0 aromatic heterocycles. The Hall–Kier alpha value is -5.08. The van der Waals surface area contributed by atoms with E-state index < -0.39 is 61.4 Å². The molecule has 3 saturated heterocycles. The monoisotopic (exact) mass is 864 g/mol. The summed E-state index contributed by atoms with van der Waals surface area (Å²) in [6.45, 7) is 2.40. The Morgan fingerprint density at radius 1 is 0.359 bits per heavy atom. The molecular weight excluding hydrogens is 809 g/mol. The van der Waals surface area contributed by atoms with Gasteiger partial charge in [0.15, 0.2) is 12.6 Å². The van der Waals surface area contributed by atoms with Crippen LogP contribution < -0.4 is 0 Å². The Balaban J connectivity index is 1.06. The first-order chi connectivity index (χ1) is 31.7. The maximum Gasteiger partial charge on any atom is 0.187 e. The molecule has 0 saturated carbocycles. The van der Waals surface area contributed by atoms with Gasteiger partial charge in [0, 0.05) is 0 Å². The van der Waals surface area contributed by atoms with E-state index in [1.807, 2.05) is 182 Å². The maximum absolute atomic E-state index is 7.29. The van der Waals surface area contributed by atoms with Crippen LogP contribution in [0.2, 0.25) is 0 Å². The topological polar surface area (TPSA) is 92.3 Å². The van der Waals surface area contributed by atoms with Gasteiger partial charge in [0.25, 0.3) is 0 Å². The number of benzene rings is 6. The van der Waals surface area contributed by atoms with Gasteiger partial charge in [0.2, 0.25) is 0 Å². The number of fused-ring (bicyclic) bond motifs is 2. The van der Waals surface area contributed by atoms with Crippen LogP contribution in [0.5, 0.6) is 0 Å². The van der Waals surface area contributed by atoms with E-state index in [2.05, 4.69) is 0 Å². The Labute approximate surface area is 375 Å². The van der Waals surface area contributed by atoms with Crippen LogP contribution in [0.15, 0.2) is 182 Å². The lowest BCUT2D eigenvalue weighted by Crippen LogP contribution is -2.64. The van der Waals surface area contributed by atoms with Gasteiger partial charge in [-0.05, 0) is 33.4 Å².